The maximum atomic E-state index is 9.44. The maximum Gasteiger partial charge on any atom is 0.0761 e. The quantitative estimate of drug-likeness (QED) is 0.615. The zero-order valence-electron chi connectivity index (χ0n) is 11.7. The van der Waals surface area contributed by atoms with Crippen LogP contribution in [0.5, 0.6) is 0 Å². The van der Waals surface area contributed by atoms with Gasteiger partial charge in [-0.1, -0.05) is 42.5 Å². The highest BCUT2D eigenvalue weighted by atomic mass is 32.2. The number of thioether (sulfide) groups is 1. The molecule has 0 aromatic heterocycles. The zero-order chi connectivity index (χ0) is 14.2. The van der Waals surface area contributed by atoms with Crippen molar-refractivity contribution >= 4 is 11.8 Å². The molecule has 2 nitrogen and oxygen atoms in total. The van der Waals surface area contributed by atoms with Crippen molar-refractivity contribution in [3.8, 4) is 0 Å². The fraction of sp³-hybridized carbons (Fsp3) is 0.294. The Balaban J connectivity index is 1.66. The van der Waals surface area contributed by atoms with E-state index >= 15 is 0 Å². The van der Waals surface area contributed by atoms with Crippen LogP contribution in [0.25, 0.3) is 0 Å². The number of benzene rings is 2. The van der Waals surface area contributed by atoms with Crippen molar-refractivity contribution in [3.05, 3.63) is 65.7 Å². The Kier molecular flexibility index (Phi) is 6.12. The summed E-state index contributed by atoms with van der Waals surface area (Å²) in [6.45, 7) is 3.18. The second kappa shape index (κ2) is 8.10. The van der Waals surface area contributed by atoms with E-state index in [4.69, 9.17) is 4.74 Å². The molecule has 0 amide bonds. The third-order valence-corrected chi connectivity index (χ3v) is 3.95. The molecule has 0 aliphatic heterocycles. The van der Waals surface area contributed by atoms with Gasteiger partial charge in [0.2, 0.25) is 0 Å². The molecule has 2 rings (SSSR count). The van der Waals surface area contributed by atoms with Crippen molar-refractivity contribution in [2.75, 3.05) is 12.4 Å². The predicted molar refractivity (Wildman–Crippen MR) is 83.9 cm³/mol. The van der Waals surface area contributed by atoms with Crippen molar-refractivity contribution in [3.63, 3.8) is 0 Å². The average molecular weight is 288 g/mol. The van der Waals surface area contributed by atoms with E-state index in [1.807, 2.05) is 42.5 Å². The molecule has 0 spiro atoms. The van der Waals surface area contributed by atoms with Crippen molar-refractivity contribution in [1.82, 2.24) is 0 Å². The molecule has 0 aliphatic rings. The third-order valence-electron chi connectivity index (χ3n) is 2.97. The van der Waals surface area contributed by atoms with Gasteiger partial charge in [0.25, 0.3) is 0 Å². The lowest BCUT2D eigenvalue weighted by atomic mass is 10.1. The molecule has 0 fully saturated rings. The lowest BCUT2D eigenvalue weighted by Gasteiger charge is -2.07. The van der Waals surface area contributed by atoms with Crippen LogP contribution in [0.3, 0.4) is 0 Å². The molecule has 1 unspecified atom stereocenters. The SMILES string of the molecule is CC(O)c1ccc(SCCOCc2ccccc2)cc1. The van der Waals surface area contributed by atoms with E-state index in [0.717, 1.165) is 17.9 Å². The first-order chi connectivity index (χ1) is 9.75. The molecule has 20 heavy (non-hydrogen) atoms. The summed E-state index contributed by atoms with van der Waals surface area (Å²) in [5.41, 5.74) is 2.16. The van der Waals surface area contributed by atoms with E-state index < -0.39 is 6.10 Å². The molecule has 3 heteroatoms. The number of ether oxygens (including phenoxy) is 1. The van der Waals surface area contributed by atoms with Crippen LogP contribution in [0.2, 0.25) is 0 Å². The van der Waals surface area contributed by atoms with Crippen LogP contribution in [-0.4, -0.2) is 17.5 Å². The van der Waals surface area contributed by atoms with Crippen LogP contribution in [0.1, 0.15) is 24.2 Å². The standard InChI is InChI=1S/C17H20O2S/c1-14(18)16-7-9-17(10-8-16)20-12-11-19-13-15-5-3-2-4-6-15/h2-10,14,18H,11-13H2,1H3. The summed E-state index contributed by atoms with van der Waals surface area (Å²) in [6.07, 6.45) is -0.400. The van der Waals surface area contributed by atoms with Crippen molar-refractivity contribution < 1.29 is 9.84 Å². The summed E-state index contributed by atoms with van der Waals surface area (Å²) in [7, 11) is 0. The molecule has 0 saturated carbocycles. The summed E-state index contributed by atoms with van der Waals surface area (Å²) in [6, 6.07) is 18.2. The van der Waals surface area contributed by atoms with Crippen LogP contribution < -0.4 is 0 Å². The van der Waals surface area contributed by atoms with Crippen LogP contribution in [0.15, 0.2) is 59.5 Å². The molecule has 1 N–H and O–H groups in total. The molecule has 0 heterocycles. The number of aliphatic hydroxyl groups excluding tert-OH is 1. The second-order valence-corrected chi connectivity index (χ2v) is 5.80. The van der Waals surface area contributed by atoms with Gasteiger partial charge < -0.3 is 9.84 Å². The Labute approximate surface area is 124 Å². The molecule has 1 atom stereocenters. The first-order valence-electron chi connectivity index (χ1n) is 6.78. The van der Waals surface area contributed by atoms with Crippen LogP contribution in [0.4, 0.5) is 0 Å². The largest absolute Gasteiger partial charge is 0.389 e. The Hall–Kier alpha value is -1.29. The van der Waals surface area contributed by atoms with Crippen LogP contribution in [-0.2, 0) is 11.3 Å². The molecule has 0 aliphatic carbocycles. The van der Waals surface area contributed by atoms with Crippen molar-refractivity contribution in [2.45, 2.75) is 24.5 Å². The fourth-order valence-corrected chi connectivity index (χ4v) is 2.59. The normalized spacial score (nSPS) is 12.3. The van der Waals surface area contributed by atoms with Gasteiger partial charge in [0.05, 0.1) is 19.3 Å². The van der Waals surface area contributed by atoms with Gasteiger partial charge in [-0.05, 0) is 30.2 Å². The van der Waals surface area contributed by atoms with Gasteiger partial charge in [-0.3, -0.25) is 0 Å². The summed E-state index contributed by atoms with van der Waals surface area (Å²) < 4.78 is 5.64. The maximum absolute atomic E-state index is 9.44. The minimum Gasteiger partial charge on any atom is -0.389 e. The van der Waals surface area contributed by atoms with Gasteiger partial charge in [0, 0.05) is 10.6 Å². The van der Waals surface area contributed by atoms with Crippen LogP contribution in [0, 0.1) is 0 Å². The van der Waals surface area contributed by atoms with Gasteiger partial charge in [-0.25, -0.2) is 0 Å². The number of aliphatic hydroxyl groups is 1. The number of rotatable bonds is 7. The molecule has 2 aromatic carbocycles. The fourth-order valence-electron chi connectivity index (χ4n) is 1.83. The highest BCUT2D eigenvalue weighted by molar-refractivity contribution is 7.99. The molecule has 106 valence electrons. The number of hydrogen-bond donors (Lipinski definition) is 1. The van der Waals surface area contributed by atoms with E-state index in [0.29, 0.717) is 6.61 Å². The highest BCUT2D eigenvalue weighted by Gasteiger charge is 2.00. The van der Waals surface area contributed by atoms with Gasteiger partial charge in [0.15, 0.2) is 0 Å². The Bertz CT molecular complexity index is 494. The van der Waals surface area contributed by atoms with Gasteiger partial charge in [-0.2, -0.15) is 0 Å². The topological polar surface area (TPSA) is 29.5 Å². The lowest BCUT2D eigenvalue weighted by molar-refractivity contribution is 0.136. The van der Waals surface area contributed by atoms with E-state index in [-0.39, 0.29) is 0 Å². The molecular formula is C17H20O2S. The summed E-state index contributed by atoms with van der Waals surface area (Å²) in [4.78, 5) is 1.21. The lowest BCUT2D eigenvalue weighted by Crippen LogP contribution is -1.97. The van der Waals surface area contributed by atoms with Crippen molar-refractivity contribution in [2.24, 2.45) is 0 Å². The van der Waals surface area contributed by atoms with Gasteiger partial charge >= 0.3 is 0 Å². The summed E-state index contributed by atoms with van der Waals surface area (Å²) in [5, 5.41) is 9.44. The smallest absolute Gasteiger partial charge is 0.0761 e. The Morgan fingerprint density at radius 3 is 2.40 bits per heavy atom. The predicted octanol–water partition coefficient (Wildman–Crippen LogP) is 4.05. The molecule has 2 aromatic rings. The Morgan fingerprint density at radius 2 is 1.75 bits per heavy atom. The third kappa shape index (κ3) is 5.00. The molecule has 0 bridgehead atoms. The van der Waals surface area contributed by atoms with Crippen molar-refractivity contribution in [1.29, 1.82) is 0 Å². The Morgan fingerprint density at radius 1 is 1.05 bits per heavy atom. The first kappa shape index (κ1) is 15.1. The monoisotopic (exact) mass is 288 g/mol. The average Bonchev–Trinajstić information content (AvgIpc) is 2.48. The first-order valence-corrected chi connectivity index (χ1v) is 7.77. The molecule has 0 radical (unpaired) electrons. The minimum absolute atomic E-state index is 0.400. The van der Waals surface area contributed by atoms with E-state index in [9.17, 15) is 5.11 Å². The van der Waals surface area contributed by atoms with E-state index in [2.05, 4.69) is 12.1 Å². The van der Waals surface area contributed by atoms with Crippen LogP contribution >= 0.6 is 11.8 Å². The summed E-state index contributed by atoms with van der Waals surface area (Å²) in [5.74, 6) is 0.931. The minimum atomic E-state index is -0.400. The summed E-state index contributed by atoms with van der Waals surface area (Å²) >= 11 is 1.77. The van der Waals surface area contributed by atoms with E-state index in [1.54, 1.807) is 18.7 Å². The number of hydrogen-bond acceptors (Lipinski definition) is 3. The second-order valence-electron chi connectivity index (χ2n) is 4.63. The van der Waals surface area contributed by atoms with E-state index in [1.165, 1.54) is 10.5 Å². The highest BCUT2D eigenvalue weighted by Crippen LogP contribution is 2.20. The zero-order valence-corrected chi connectivity index (χ0v) is 12.5. The molecule has 0 saturated heterocycles. The van der Waals surface area contributed by atoms with Gasteiger partial charge in [-0.15, -0.1) is 11.8 Å². The molecular weight excluding hydrogens is 268 g/mol. The van der Waals surface area contributed by atoms with Gasteiger partial charge in [0.1, 0.15) is 0 Å².